The number of ether oxygens (including phenoxy) is 1. The van der Waals surface area contributed by atoms with Crippen molar-refractivity contribution in [1.29, 1.82) is 5.41 Å². The Morgan fingerprint density at radius 3 is 2.79 bits per heavy atom. The molecule has 0 bridgehead atoms. The number of rotatable bonds is 3. The van der Waals surface area contributed by atoms with Crippen LogP contribution < -0.4 is 5.73 Å². The summed E-state index contributed by atoms with van der Waals surface area (Å²) < 4.78 is 19.1. The highest BCUT2D eigenvalue weighted by molar-refractivity contribution is 6.03. The lowest BCUT2D eigenvalue weighted by molar-refractivity contribution is 0.495. The van der Waals surface area contributed by atoms with Crippen LogP contribution in [0.25, 0.3) is 22.3 Å². The molecule has 3 rings (SSSR count). The molecule has 0 amide bonds. The third-order valence-electron chi connectivity index (χ3n) is 3.99. The van der Waals surface area contributed by atoms with Gasteiger partial charge in [-0.1, -0.05) is 6.92 Å². The van der Waals surface area contributed by atoms with Gasteiger partial charge in [0.2, 0.25) is 5.90 Å². The zero-order valence-corrected chi connectivity index (χ0v) is 16.3. The molecule has 4 N–H and O–H groups in total. The first-order valence-corrected chi connectivity index (χ1v) is 8.93. The molecule has 28 heavy (non-hydrogen) atoms. The average Bonchev–Trinajstić information content (AvgIpc) is 3.03. The molecule has 3 aromatic rings. The number of nitrogens with zero attached hydrogens (tertiary/aromatic N) is 3. The standard InChI is InChI=1S/C20H23FN6O/c1-5-15-14(21)10-25-18(26-15)13-9-24-16-7-6-11(8-12(13)16)17(22)28-19(23)27-20(2,3)4/h6-10,22,24H,5H2,1-4H3,(H2,23,27). The number of hydrogen-bond donors (Lipinski definition) is 3. The SMILES string of the molecule is CCc1nc(-c2c[nH]c3ccc(C(=N)OC(N)=NC(C)(C)C)cc23)ncc1F. The van der Waals surface area contributed by atoms with E-state index in [-0.39, 0.29) is 11.9 Å². The van der Waals surface area contributed by atoms with Crippen LogP contribution >= 0.6 is 0 Å². The fourth-order valence-corrected chi connectivity index (χ4v) is 2.74. The Bertz CT molecular complexity index is 1060. The van der Waals surface area contributed by atoms with Crippen LogP contribution in [0, 0.1) is 11.2 Å². The van der Waals surface area contributed by atoms with E-state index in [1.54, 1.807) is 18.3 Å². The van der Waals surface area contributed by atoms with Crippen molar-refractivity contribution in [2.75, 3.05) is 0 Å². The number of aromatic nitrogens is 3. The Labute approximate surface area is 162 Å². The van der Waals surface area contributed by atoms with Crippen molar-refractivity contribution in [3.8, 4) is 11.4 Å². The van der Waals surface area contributed by atoms with Crippen LogP contribution in [0.3, 0.4) is 0 Å². The van der Waals surface area contributed by atoms with E-state index in [4.69, 9.17) is 15.9 Å². The molecule has 1 aromatic carbocycles. The first-order valence-electron chi connectivity index (χ1n) is 8.93. The van der Waals surface area contributed by atoms with Gasteiger partial charge >= 0.3 is 0 Å². The lowest BCUT2D eigenvalue weighted by Crippen LogP contribution is -2.25. The molecule has 2 heterocycles. The smallest absolute Gasteiger partial charge is 0.289 e. The number of nitrogens with one attached hydrogen (secondary N) is 2. The van der Waals surface area contributed by atoms with Crippen LogP contribution in [0.4, 0.5) is 4.39 Å². The van der Waals surface area contributed by atoms with Crippen LogP contribution in [-0.4, -0.2) is 32.4 Å². The number of aromatic amines is 1. The number of nitrogens with two attached hydrogens (primary N) is 1. The minimum atomic E-state index is -0.421. The second-order valence-electron chi connectivity index (χ2n) is 7.36. The van der Waals surface area contributed by atoms with Gasteiger partial charge in [-0.15, -0.1) is 0 Å². The molecular formula is C20H23FN6O. The molecular weight excluding hydrogens is 359 g/mol. The van der Waals surface area contributed by atoms with Gasteiger partial charge in [0.25, 0.3) is 6.02 Å². The van der Waals surface area contributed by atoms with Gasteiger partial charge in [-0.05, 0) is 45.4 Å². The highest BCUT2D eigenvalue weighted by Crippen LogP contribution is 2.27. The summed E-state index contributed by atoms with van der Waals surface area (Å²) in [6.07, 6.45) is 3.42. The van der Waals surface area contributed by atoms with Crippen LogP contribution in [0.15, 0.2) is 35.6 Å². The fourth-order valence-electron chi connectivity index (χ4n) is 2.74. The molecule has 0 saturated carbocycles. The van der Waals surface area contributed by atoms with Crippen LogP contribution in [0.2, 0.25) is 0 Å². The zero-order valence-electron chi connectivity index (χ0n) is 16.3. The highest BCUT2D eigenvalue weighted by Gasteiger charge is 2.15. The molecule has 0 atom stereocenters. The summed E-state index contributed by atoms with van der Waals surface area (Å²) >= 11 is 0. The summed E-state index contributed by atoms with van der Waals surface area (Å²) in [5.41, 5.74) is 7.82. The number of halogens is 1. The van der Waals surface area contributed by atoms with E-state index >= 15 is 0 Å². The molecule has 0 unspecified atom stereocenters. The van der Waals surface area contributed by atoms with Crippen LogP contribution in [0.5, 0.6) is 0 Å². The molecule has 0 fully saturated rings. The highest BCUT2D eigenvalue weighted by atomic mass is 19.1. The fraction of sp³-hybridized carbons (Fsp3) is 0.300. The van der Waals surface area contributed by atoms with Gasteiger partial charge in [-0.3, -0.25) is 5.41 Å². The summed E-state index contributed by atoms with van der Waals surface area (Å²) in [6.45, 7) is 7.50. The van der Waals surface area contributed by atoms with E-state index in [1.165, 1.54) is 6.20 Å². The van der Waals surface area contributed by atoms with Gasteiger partial charge in [-0.2, -0.15) is 0 Å². The van der Waals surface area contributed by atoms with Crippen LogP contribution in [-0.2, 0) is 11.2 Å². The van der Waals surface area contributed by atoms with Gasteiger partial charge in [0.1, 0.15) is 0 Å². The minimum absolute atomic E-state index is 0.0682. The van der Waals surface area contributed by atoms with Crippen molar-refractivity contribution in [1.82, 2.24) is 15.0 Å². The molecule has 0 radical (unpaired) electrons. The van der Waals surface area contributed by atoms with Gasteiger partial charge in [0.15, 0.2) is 11.6 Å². The number of amidine groups is 1. The molecule has 146 valence electrons. The maximum atomic E-state index is 13.7. The van der Waals surface area contributed by atoms with Crippen molar-refractivity contribution >= 4 is 22.8 Å². The monoisotopic (exact) mass is 382 g/mol. The molecule has 0 aliphatic rings. The number of aliphatic imine (C=N–C) groups is 1. The van der Waals surface area contributed by atoms with E-state index in [0.717, 1.165) is 16.5 Å². The number of fused-ring (bicyclic) bond motifs is 1. The van der Waals surface area contributed by atoms with Gasteiger partial charge in [0, 0.05) is 28.2 Å². The minimum Gasteiger partial charge on any atom is -0.407 e. The quantitative estimate of drug-likeness (QED) is 0.472. The van der Waals surface area contributed by atoms with Gasteiger partial charge in [0.05, 0.1) is 17.4 Å². The summed E-state index contributed by atoms with van der Waals surface area (Å²) in [5, 5.41) is 8.99. The van der Waals surface area contributed by atoms with E-state index in [0.29, 0.717) is 23.5 Å². The summed E-state index contributed by atoms with van der Waals surface area (Å²) in [5.74, 6) is -0.118. The third kappa shape index (κ3) is 4.16. The Hall–Kier alpha value is -3.29. The lowest BCUT2D eigenvalue weighted by Gasteiger charge is -2.14. The molecule has 0 saturated heterocycles. The number of H-pyrrole nitrogens is 1. The predicted molar refractivity (Wildman–Crippen MR) is 108 cm³/mol. The van der Waals surface area contributed by atoms with E-state index in [2.05, 4.69) is 19.9 Å². The van der Waals surface area contributed by atoms with E-state index in [9.17, 15) is 4.39 Å². The van der Waals surface area contributed by atoms with Gasteiger partial charge in [-0.25, -0.2) is 19.4 Å². The molecule has 7 nitrogen and oxygen atoms in total. The Kier molecular flexibility index (Phi) is 5.13. The number of aryl methyl sites for hydroxylation is 1. The second-order valence-corrected chi connectivity index (χ2v) is 7.36. The average molecular weight is 382 g/mol. The van der Waals surface area contributed by atoms with Crippen molar-refractivity contribution in [3.05, 3.63) is 47.7 Å². The summed E-state index contributed by atoms with van der Waals surface area (Å²) in [4.78, 5) is 15.8. The van der Waals surface area contributed by atoms with Crippen molar-refractivity contribution in [2.24, 2.45) is 10.7 Å². The van der Waals surface area contributed by atoms with Crippen molar-refractivity contribution in [3.63, 3.8) is 0 Å². The number of hydrogen-bond acceptors (Lipinski definition) is 5. The lowest BCUT2D eigenvalue weighted by atomic mass is 10.1. The first kappa shape index (κ1) is 19.5. The predicted octanol–water partition coefficient (Wildman–Crippen LogP) is 3.78. The molecule has 2 aromatic heterocycles. The number of benzene rings is 1. The molecule has 0 aliphatic carbocycles. The summed E-state index contributed by atoms with van der Waals surface area (Å²) in [7, 11) is 0. The van der Waals surface area contributed by atoms with E-state index < -0.39 is 11.4 Å². The first-order chi connectivity index (χ1) is 13.2. The zero-order chi connectivity index (χ0) is 20.5. The van der Waals surface area contributed by atoms with Gasteiger partial charge < -0.3 is 15.5 Å². The summed E-state index contributed by atoms with van der Waals surface area (Å²) in [6, 6.07) is 5.29. The van der Waals surface area contributed by atoms with Crippen molar-refractivity contribution in [2.45, 2.75) is 39.7 Å². The maximum Gasteiger partial charge on any atom is 0.289 e. The topological polar surface area (TPSA) is 113 Å². The second kappa shape index (κ2) is 7.38. The third-order valence-corrected chi connectivity index (χ3v) is 3.99. The normalized spacial score (nSPS) is 12.4. The Morgan fingerprint density at radius 2 is 2.11 bits per heavy atom. The van der Waals surface area contributed by atoms with Crippen LogP contribution in [0.1, 0.15) is 39.0 Å². The van der Waals surface area contributed by atoms with E-state index in [1.807, 2.05) is 33.8 Å². The molecule has 0 spiro atoms. The Morgan fingerprint density at radius 1 is 1.36 bits per heavy atom. The largest absolute Gasteiger partial charge is 0.407 e. The Balaban J connectivity index is 1.97. The molecule has 8 heteroatoms. The maximum absolute atomic E-state index is 13.7. The van der Waals surface area contributed by atoms with Crippen molar-refractivity contribution < 1.29 is 9.13 Å². The molecule has 0 aliphatic heterocycles.